The van der Waals surface area contributed by atoms with Crippen molar-refractivity contribution in [2.75, 3.05) is 17.7 Å². The quantitative estimate of drug-likeness (QED) is 0.429. The van der Waals surface area contributed by atoms with Gasteiger partial charge in [-0.25, -0.2) is 9.37 Å². The van der Waals surface area contributed by atoms with Crippen LogP contribution < -0.4 is 16.4 Å². The van der Waals surface area contributed by atoms with E-state index in [-0.39, 0.29) is 17.7 Å². The first-order valence-corrected chi connectivity index (χ1v) is 9.08. The Morgan fingerprint density at radius 1 is 1.37 bits per heavy atom. The summed E-state index contributed by atoms with van der Waals surface area (Å²) in [6.45, 7) is 7.12. The van der Waals surface area contributed by atoms with Gasteiger partial charge in [-0.05, 0) is 43.7 Å². The molecule has 2 heterocycles. The van der Waals surface area contributed by atoms with Crippen LogP contribution in [0.2, 0.25) is 0 Å². The fourth-order valence-corrected chi connectivity index (χ4v) is 2.92. The van der Waals surface area contributed by atoms with Crippen molar-refractivity contribution in [1.82, 2.24) is 14.5 Å². The van der Waals surface area contributed by atoms with E-state index in [1.165, 1.54) is 12.3 Å². The van der Waals surface area contributed by atoms with Crippen LogP contribution in [0.5, 0.6) is 0 Å². The lowest BCUT2D eigenvalue weighted by Crippen LogP contribution is -2.14. The minimum absolute atomic E-state index is 0.0796. The van der Waals surface area contributed by atoms with E-state index in [9.17, 15) is 9.18 Å². The number of aromatic nitrogens is 3. The maximum Gasteiger partial charge on any atom is 0.247 e. The Morgan fingerprint density at radius 2 is 2.13 bits per heavy atom. The third-order valence-electron chi connectivity index (χ3n) is 4.55. The van der Waals surface area contributed by atoms with Crippen LogP contribution in [0.25, 0.3) is 16.7 Å². The number of allylic oxidation sites excluding steroid dienone is 1. The summed E-state index contributed by atoms with van der Waals surface area (Å²) in [5, 5.41) is 6.52. The molecule has 0 spiro atoms. The second-order valence-electron chi connectivity index (χ2n) is 6.49. The lowest BCUT2D eigenvalue weighted by Gasteiger charge is -2.11. The molecule has 0 saturated carbocycles. The van der Waals surface area contributed by atoms with E-state index in [0.29, 0.717) is 17.1 Å². The monoisotopic (exact) mass is 407 g/mol. The smallest absolute Gasteiger partial charge is 0.247 e. The number of hydrogen-bond donors (Lipinski definition) is 3. The van der Waals surface area contributed by atoms with Gasteiger partial charge in [0.1, 0.15) is 0 Å². The molecule has 3 aromatic rings. The standard InChI is InChI=1S/C21H22FN7O/c1-5-19(30)26-14-6-7-18-15(8-14)12(2)11-29(18)20-16(22)10-25-21(28-20)27-17(9-23)13(3)24-4/h5-11H,1,23H2,2-4H3,(H,26,30)(H,25,27,28)/b17-9+,24-13?. The lowest BCUT2D eigenvalue weighted by molar-refractivity contribution is -0.111. The van der Waals surface area contributed by atoms with Crippen molar-refractivity contribution in [2.24, 2.45) is 10.7 Å². The molecule has 1 aromatic carbocycles. The molecule has 2 aromatic heterocycles. The molecule has 0 fully saturated rings. The van der Waals surface area contributed by atoms with E-state index in [1.807, 2.05) is 13.0 Å². The number of carbonyl (C=O) groups is 1. The summed E-state index contributed by atoms with van der Waals surface area (Å²) in [5.74, 6) is -0.629. The van der Waals surface area contributed by atoms with Crippen molar-refractivity contribution in [3.63, 3.8) is 0 Å². The molecule has 0 saturated heterocycles. The number of nitrogens with two attached hydrogens (primary N) is 1. The van der Waals surface area contributed by atoms with Crippen molar-refractivity contribution in [2.45, 2.75) is 13.8 Å². The molecule has 8 nitrogen and oxygen atoms in total. The van der Waals surface area contributed by atoms with Crippen molar-refractivity contribution >= 4 is 34.2 Å². The highest BCUT2D eigenvalue weighted by Gasteiger charge is 2.15. The van der Waals surface area contributed by atoms with Crippen LogP contribution in [-0.4, -0.2) is 33.2 Å². The van der Waals surface area contributed by atoms with Gasteiger partial charge < -0.3 is 16.4 Å². The molecule has 0 aliphatic rings. The Kier molecular flexibility index (Phi) is 5.91. The predicted octanol–water partition coefficient (Wildman–Crippen LogP) is 3.30. The van der Waals surface area contributed by atoms with Crippen molar-refractivity contribution in [1.29, 1.82) is 0 Å². The maximum atomic E-state index is 14.6. The van der Waals surface area contributed by atoms with Crippen LogP contribution in [0, 0.1) is 12.7 Å². The number of aliphatic imine (C=N–C) groups is 1. The van der Waals surface area contributed by atoms with Gasteiger partial charge in [0.05, 0.1) is 23.1 Å². The summed E-state index contributed by atoms with van der Waals surface area (Å²) < 4.78 is 16.3. The highest BCUT2D eigenvalue weighted by atomic mass is 19.1. The third-order valence-corrected chi connectivity index (χ3v) is 4.55. The summed E-state index contributed by atoms with van der Waals surface area (Å²) in [7, 11) is 1.64. The van der Waals surface area contributed by atoms with Gasteiger partial charge in [-0.3, -0.25) is 14.4 Å². The van der Waals surface area contributed by atoms with Gasteiger partial charge >= 0.3 is 0 Å². The first kappa shape index (κ1) is 20.7. The molecule has 0 aliphatic heterocycles. The molecule has 0 atom stereocenters. The first-order valence-electron chi connectivity index (χ1n) is 9.08. The van der Waals surface area contributed by atoms with E-state index in [2.05, 4.69) is 32.2 Å². The van der Waals surface area contributed by atoms with Crippen LogP contribution in [0.4, 0.5) is 16.0 Å². The molecule has 4 N–H and O–H groups in total. The van der Waals surface area contributed by atoms with Crippen LogP contribution in [0.15, 0.2) is 60.1 Å². The zero-order valence-electron chi connectivity index (χ0n) is 16.9. The molecule has 9 heteroatoms. The largest absolute Gasteiger partial charge is 0.403 e. The third kappa shape index (κ3) is 4.04. The molecule has 30 heavy (non-hydrogen) atoms. The average molecular weight is 407 g/mol. The minimum atomic E-state index is -0.583. The number of aryl methyl sites for hydroxylation is 1. The zero-order chi connectivity index (χ0) is 21.8. The van der Waals surface area contributed by atoms with Gasteiger partial charge in [0.15, 0.2) is 11.6 Å². The topological polar surface area (TPSA) is 110 Å². The molecule has 0 bridgehead atoms. The van der Waals surface area contributed by atoms with Crippen molar-refractivity contribution in [3.8, 4) is 5.82 Å². The first-order chi connectivity index (χ1) is 14.4. The number of amides is 1. The molecular weight excluding hydrogens is 385 g/mol. The fraction of sp³-hybridized carbons (Fsp3) is 0.143. The fourth-order valence-electron chi connectivity index (χ4n) is 2.92. The predicted molar refractivity (Wildman–Crippen MR) is 117 cm³/mol. The Labute approximate surface area is 173 Å². The van der Waals surface area contributed by atoms with Crippen LogP contribution in [0.1, 0.15) is 12.5 Å². The minimum Gasteiger partial charge on any atom is -0.403 e. The highest BCUT2D eigenvalue weighted by molar-refractivity contribution is 6.01. The Bertz CT molecular complexity index is 1190. The van der Waals surface area contributed by atoms with E-state index in [1.54, 1.807) is 36.9 Å². The molecule has 3 rings (SSSR count). The number of benzene rings is 1. The van der Waals surface area contributed by atoms with E-state index in [4.69, 9.17) is 5.73 Å². The summed E-state index contributed by atoms with van der Waals surface area (Å²) in [6, 6.07) is 5.33. The number of halogens is 1. The summed E-state index contributed by atoms with van der Waals surface area (Å²) in [4.78, 5) is 24.0. The Balaban J connectivity index is 2.05. The Hall–Kier alpha value is -4.01. The van der Waals surface area contributed by atoms with Crippen molar-refractivity contribution < 1.29 is 9.18 Å². The number of hydrogen-bond acceptors (Lipinski definition) is 6. The van der Waals surface area contributed by atoms with E-state index in [0.717, 1.165) is 22.7 Å². The van der Waals surface area contributed by atoms with Gasteiger partial charge in [-0.15, -0.1) is 0 Å². The number of nitrogens with zero attached hydrogens (tertiary/aromatic N) is 4. The van der Waals surface area contributed by atoms with Gasteiger partial charge in [-0.2, -0.15) is 4.98 Å². The molecule has 0 unspecified atom stereocenters. The second kappa shape index (κ2) is 8.56. The summed E-state index contributed by atoms with van der Waals surface area (Å²) in [5.41, 5.74) is 9.05. The van der Waals surface area contributed by atoms with Crippen LogP contribution >= 0.6 is 0 Å². The number of rotatable bonds is 6. The molecule has 1 amide bonds. The lowest BCUT2D eigenvalue weighted by atomic mass is 10.2. The number of nitrogens with one attached hydrogen (secondary N) is 2. The second-order valence-corrected chi connectivity index (χ2v) is 6.49. The van der Waals surface area contributed by atoms with Crippen LogP contribution in [-0.2, 0) is 4.79 Å². The highest BCUT2D eigenvalue weighted by Crippen LogP contribution is 2.28. The van der Waals surface area contributed by atoms with Gasteiger partial charge in [0.2, 0.25) is 11.9 Å². The SMILES string of the molecule is C=CC(=O)Nc1ccc2c(c1)c(C)cn2-c1nc(N/C(=C/N)C(C)=NC)ncc1F. The van der Waals surface area contributed by atoms with E-state index < -0.39 is 5.82 Å². The molecule has 154 valence electrons. The molecular formula is C21H22FN7O. The van der Waals surface area contributed by atoms with Gasteiger partial charge in [0.25, 0.3) is 0 Å². The summed E-state index contributed by atoms with van der Waals surface area (Å²) in [6.07, 6.45) is 5.42. The molecule has 0 aliphatic carbocycles. The number of fused-ring (bicyclic) bond motifs is 1. The molecule has 0 radical (unpaired) electrons. The average Bonchev–Trinajstić information content (AvgIpc) is 3.08. The number of anilines is 2. The Morgan fingerprint density at radius 3 is 2.80 bits per heavy atom. The van der Waals surface area contributed by atoms with E-state index >= 15 is 0 Å². The van der Waals surface area contributed by atoms with Crippen molar-refractivity contribution in [3.05, 3.63) is 66.5 Å². The maximum absolute atomic E-state index is 14.6. The number of carbonyl (C=O) groups excluding carboxylic acids is 1. The van der Waals surface area contributed by atoms with Crippen LogP contribution in [0.3, 0.4) is 0 Å². The van der Waals surface area contributed by atoms with Gasteiger partial charge in [0, 0.05) is 30.5 Å². The summed E-state index contributed by atoms with van der Waals surface area (Å²) >= 11 is 0. The normalized spacial score (nSPS) is 12.1. The van der Waals surface area contributed by atoms with Gasteiger partial charge in [-0.1, -0.05) is 6.58 Å². The zero-order valence-corrected chi connectivity index (χ0v) is 16.9.